The van der Waals surface area contributed by atoms with Crippen LogP contribution >= 0.6 is 0 Å². The van der Waals surface area contributed by atoms with Crippen LogP contribution in [-0.4, -0.2) is 6.71 Å². The highest BCUT2D eigenvalue weighted by Crippen LogP contribution is 2.50. The molecule has 0 unspecified atom stereocenters. The van der Waals surface area contributed by atoms with Crippen LogP contribution in [0.2, 0.25) is 0 Å². The van der Waals surface area contributed by atoms with Crippen LogP contribution in [0.1, 0.15) is 90.1 Å². The molecule has 9 aromatic rings. The fourth-order valence-corrected chi connectivity index (χ4v) is 11.0. The predicted molar refractivity (Wildman–Crippen MR) is 304 cm³/mol. The van der Waals surface area contributed by atoms with E-state index in [1.165, 1.54) is 94.5 Å². The Morgan fingerprint density at radius 3 is 1.56 bits per heavy atom. The zero-order chi connectivity index (χ0) is 48.9. The van der Waals surface area contributed by atoms with Crippen molar-refractivity contribution in [1.82, 2.24) is 0 Å². The van der Waals surface area contributed by atoms with Crippen LogP contribution in [0.4, 0.5) is 51.2 Å². The minimum Gasteiger partial charge on any atom is -0.311 e. The molecule has 0 amide bonds. The summed E-state index contributed by atoms with van der Waals surface area (Å²) in [5.41, 5.74) is 23.2. The number of nitrogens with zero attached hydrogens (tertiary/aromatic N) is 3. The van der Waals surface area contributed by atoms with Gasteiger partial charge in [0.2, 0.25) is 0 Å². The van der Waals surface area contributed by atoms with E-state index in [1.807, 2.05) is 0 Å². The maximum Gasteiger partial charge on any atom is 0.252 e. The first-order valence-corrected chi connectivity index (χ1v) is 25.1. The highest BCUT2D eigenvalue weighted by Gasteiger charge is 2.45. The number of aryl methyl sites for hydroxylation is 2. The Kier molecular flexibility index (Phi) is 10.8. The van der Waals surface area contributed by atoms with E-state index >= 15 is 0 Å². The van der Waals surface area contributed by atoms with Crippen molar-refractivity contribution in [3.8, 4) is 11.1 Å². The van der Waals surface area contributed by atoms with Gasteiger partial charge >= 0.3 is 0 Å². The first kappa shape index (κ1) is 45.2. The molecule has 4 heteroatoms. The van der Waals surface area contributed by atoms with Crippen molar-refractivity contribution in [3.05, 3.63) is 216 Å². The average Bonchev–Trinajstić information content (AvgIpc) is 3.34. The monoisotopic (exact) mass is 910 g/mol. The quantitative estimate of drug-likeness (QED) is 0.154. The molecular weight excluding hydrogens is 846 g/mol. The van der Waals surface area contributed by atoms with E-state index in [4.69, 9.17) is 0 Å². The van der Waals surface area contributed by atoms with Gasteiger partial charge < -0.3 is 14.7 Å². The molecule has 2 aliphatic rings. The van der Waals surface area contributed by atoms with Gasteiger partial charge in [0.1, 0.15) is 0 Å². The lowest BCUT2D eigenvalue weighted by Crippen LogP contribution is -2.61. The van der Waals surface area contributed by atoms with Crippen LogP contribution in [0.25, 0.3) is 21.9 Å². The number of fused-ring (bicyclic) bond motifs is 5. The van der Waals surface area contributed by atoms with Crippen LogP contribution in [0.3, 0.4) is 0 Å². The fraction of sp³-hybridized carbons (Fsp3) is 0.212. The SMILES string of the molecule is Cc1ccc(N(c2ccc(-c3ccccc3)cc2)c2cc3c4c(c2)N(c2cccc5ccccc25)c2ccc(C(C)(C)C)cc2B4c2cc(C(C)(C)C)ccc2N3c2ccc(C(C)(C)C)cc2)c(C)c1. The molecule has 0 spiro atoms. The van der Waals surface area contributed by atoms with Crippen LogP contribution < -0.4 is 31.1 Å². The molecule has 0 aromatic heterocycles. The largest absolute Gasteiger partial charge is 0.311 e. The van der Waals surface area contributed by atoms with Gasteiger partial charge in [0, 0.05) is 45.2 Å². The molecule has 2 aliphatic heterocycles. The molecule has 9 aromatic carbocycles. The Morgan fingerprint density at radius 1 is 0.400 bits per heavy atom. The Balaban J connectivity index is 1.28. The summed E-state index contributed by atoms with van der Waals surface area (Å²) in [5.74, 6) is 0. The molecule has 70 heavy (non-hydrogen) atoms. The van der Waals surface area contributed by atoms with E-state index < -0.39 is 0 Å². The van der Waals surface area contributed by atoms with E-state index in [1.54, 1.807) is 0 Å². The topological polar surface area (TPSA) is 9.72 Å². The smallest absolute Gasteiger partial charge is 0.252 e. The molecule has 0 aliphatic carbocycles. The van der Waals surface area contributed by atoms with Gasteiger partial charge in [-0.05, 0) is 146 Å². The molecule has 3 nitrogen and oxygen atoms in total. The second-order valence-corrected chi connectivity index (χ2v) is 22.9. The summed E-state index contributed by atoms with van der Waals surface area (Å²) < 4.78 is 0. The summed E-state index contributed by atoms with van der Waals surface area (Å²) in [6.07, 6.45) is 0. The van der Waals surface area contributed by atoms with Crippen LogP contribution in [0.5, 0.6) is 0 Å². The van der Waals surface area contributed by atoms with Crippen molar-refractivity contribution in [1.29, 1.82) is 0 Å². The van der Waals surface area contributed by atoms with Gasteiger partial charge in [-0.3, -0.25) is 0 Å². The van der Waals surface area contributed by atoms with Crippen molar-refractivity contribution in [3.63, 3.8) is 0 Å². The van der Waals surface area contributed by atoms with Crippen LogP contribution in [0, 0.1) is 13.8 Å². The molecule has 0 saturated heterocycles. The first-order valence-electron chi connectivity index (χ1n) is 25.1. The molecule has 0 radical (unpaired) electrons. The Morgan fingerprint density at radius 2 is 0.943 bits per heavy atom. The zero-order valence-corrected chi connectivity index (χ0v) is 42.8. The van der Waals surface area contributed by atoms with E-state index in [2.05, 4.69) is 279 Å². The third kappa shape index (κ3) is 7.79. The summed E-state index contributed by atoms with van der Waals surface area (Å²) in [5, 5.41) is 2.44. The summed E-state index contributed by atoms with van der Waals surface area (Å²) in [4.78, 5) is 7.67. The van der Waals surface area contributed by atoms with Gasteiger partial charge in [-0.15, -0.1) is 0 Å². The van der Waals surface area contributed by atoms with Gasteiger partial charge in [0.25, 0.3) is 6.71 Å². The molecular formula is C66H64BN3. The van der Waals surface area contributed by atoms with E-state index in [0.717, 1.165) is 22.7 Å². The Bertz CT molecular complexity index is 3450. The van der Waals surface area contributed by atoms with Gasteiger partial charge in [0.05, 0.1) is 11.4 Å². The molecule has 2 heterocycles. The zero-order valence-electron chi connectivity index (χ0n) is 42.8. The number of hydrogen-bond donors (Lipinski definition) is 0. The van der Waals surface area contributed by atoms with Crippen molar-refractivity contribution in [2.75, 3.05) is 14.7 Å². The summed E-state index contributed by atoms with van der Waals surface area (Å²) in [7, 11) is 0. The van der Waals surface area contributed by atoms with E-state index in [9.17, 15) is 0 Å². The minimum absolute atomic E-state index is 0.0139. The van der Waals surface area contributed by atoms with Gasteiger partial charge in [-0.25, -0.2) is 0 Å². The highest BCUT2D eigenvalue weighted by molar-refractivity contribution is 7.00. The van der Waals surface area contributed by atoms with Gasteiger partial charge in [-0.2, -0.15) is 0 Å². The summed E-state index contributed by atoms with van der Waals surface area (Å²) in [6.45, 7) is 25.4. The lowest BCUT2D eigenvalue weighted by atomic mass is 9.33. The Hall–Kier alpha value is -7.30. The van der Waals surface area contributed by atoms with Gasteiger partial charge in [0.15, 0.2) is 0 Å². The predicted octanol–water partition coefficient (Wildman–Crippen LogP) is 16.6. The van der Waals surface area contributed by atoms with E-state index in [0.29, 0.717) is 0 Å². The van der Waals surface area contributed by atoms with Crippen molar-refractivity contribution in [2.24, 2.45) is 0 Å². The van der Waals surface area contributed by atoms with Crippen molar-refractivity contribution < 1.29 is 0 Å². The van der Waals surface area contributed by atoms with E-state index in [-0.39, 0.29) is 23.0 Å². The average molecular weight is 910 g/mol. The molecule has 0 atom stereocenters. The third-order valence-corrected chi connectivity index (χ3v) is 14.9. The number of rotatable bonds is 6. The number of benzene rings is 9. The lowest BCUT2D eigenvalue weighted by molar-refractivity contribution is 0.590. The number of anilines is 9. The number of hydrogen-bond acceptors (Lipinski definition) is 3. The molecule has 11 rings (SSSR count). The summed E-state index contributed by atoms with van der Waals surface area (Å²) in [6, 6.07) is 71.4. The van der Waals surface area contributed by atoms with Crippen LogP contribution in [-0.2, 0) is 16.2 Å². The fourth-order valence-electron chi connectivity index (χ4n) is 11.0. The van der Waals surface area contributed by atoms with Gasteiger partial charge in [-0.1, -0.05) is 195 Å². The highest BCUT2D eigenvalue weighted by atomic mass is 15.2. The van der Waals surface area contributed by atoms with Crippen LogP contribution in [0.15, 0.2) is 188 Å². The lowest BCUT2D eigenvalue weighted by Gasteiger charge is -2.46. The Labute approximate surface area is 417 Å². The normalized spacial score (nSPS) is 13.3. The second-order valence-electron chi connectivity index (χ2n) is 22.9. The maximum atomic E-state index is 2.60. The van der Waals surface area contributed by atoms with Crippen molar-refractivity contribution >= 4 is 85.1 Å². The molecule has 346 valence electrons. The van der Waals surface area contributed by atoms with Crippen molar-refractivity contribution in [2.45, 2.75) is 92.4 Å². The standard InChI is InChI=1S/C66H64BN3/c1-43-24-35-57(44(2)38-43)68(51-31-25-46(26-32-51)45-18-13-12-14-19-45)53-41-61-63-62(42-53)70(58-23-17-21-47-20-15-16-22-54(47)58)60-37-30-50(66(9,10)11)40-56(60)67(63)55-39-49(65(6,7)8)29-36-59(55)69(61)52-33-27-48(28-34-52)64(3,4)5/h12-42H,1-11H3. The molecule has 0 fully saturated rings. The molecule has 0 bridgehead atoms. The molecule has 0 saturated carbocycles. The first-order chi connectivity index (χ1) is 33.4. The summed E-state index contributed by atoms with van der Waals surface area (Å²) >= 11 is 0. The second kappa shape index (κ2) is 16.7. The minimum atomic E-state index is -0.0552. The third-order valence-electron chi connectivity index (χ3n) is 14.9. The molecule has 0 N–H and O–H groups in total. The maximum absolute atomic E-state index is 2.60.